The Morgan fingerprint density at radius 2 is 0.571 bits per heavy atom. The van der Waals surface area contributed by atoms with Crippen LogP contribution in [0.2, 0.25) is 0 Å². The van der Waals surface area contributed by atoms with E-state index < -0.39 is 72.9 Å². The number of ether oxygens (including phenoxy) is 1. The van der Waals surface area contributed by atoms with Gasteiger partial charge in [0.25, 0.3) is 0 Å². The molecule has 0 aliphatic heterocycles. The predicted octanol–water partition coefficient (Wildman–Crippen LogP) is 7.21. The van der Waals surface area contributed by atoms with E-state index in [1.165, 1.54) is 4.74 Å². The Bertz CT molecular complexity index is 663. The van der Waals surface area contributed by atoms with E-state index in [4.69, 9.17) is 0 Å². The fourth-order valence-electron chi connectivity index (χ4n) is 1.87. The van der Waals surface area contributed by atoms with Crippen LogP contribution in [0, 0.1) is 0 Å². The van der Waals surface area contributed by atoms with Gasteiger partial charge in [-0.15, -0.1) is 0 Å². The summed E-state index contributed by atoms with van der Waals surface area (Å²) in [6.07, 6.45) is -42.0. The van der Waals surface area contributed by atoms with Crippen molar-refractivity contribution < 1.29 is 101 Å². The molecule has 0 aromatic carbocycles. The fraction of sp³-hybridized carbons (Fsp3) is 1.00. The summed E-state index contributed by atoms with van der Waals surface area (Å²) in [6, 6.07) is 0. The summed E-state index contributed by atoms with van der Waals surface area (Å²) in [4.78, 5) is 0. The van der Waals surface area contributed by atoms with Crippen molar-refractivity contribution in [3.05, 3.63) is 0 Å². The first-order chi connectivity index (χ1) is 14.9. The molecule has 1 nitrogen and oxygen atoms in total. The second kappa shape index (κ2) is 9.06. The second-order valence-electron chi connectivity index (χ2n) is 6.21. The molecule has 0 aliphatic carbocycles. The van der Waals surface area contributed by atoms with Crippen LogP contribution < -0.4 is 0 Å². The summed E-state index contributed by atoms with van der Waals surface area (Å²) >= 11 is 0. The molecule has 0 saturated carbocycles. The average molecular weight is 582 g/mol. The normalized spacial score (nSPS) is 20.6. The van der Waals surface area contributed by atoms with Crippen LogP contribution in [-0.2, 0) is 4.74 Å². The van der Waals surface area contributed by atoms with Crippen molar-refractivity contribution >= 4 is 0 Å². The summed E-state index contributed by atoms with van der Waals surface area (Å²) in [7, 11) is 0. The minimum absolute atomic E-state index is 1.35. The van der Waals surface area contributed by atoms with Gasteiger partial charge >= 0.3 is 60.6 Å². The molecule has 0 bridgehead atoms. The van der Waals surface area contributed by atoms with Crippen LogP contribution in [0.3, 0.4) is 0 Å². The summed E-state index contributed by atoms with van der Waals surface area (Å²) in [6.45, 7) is 0. The van der Waals surface area contributed by atoms with Crippen LogP contribution in [0.4, 0.5) is 96.6 Å². The highest BCUT2D eigenvalue weighted by molar-refractivity contribution is 5.09. The molecule has 212 valence electrons. The van der Waals surface area contributed by atoms with E-state index >= 15 is 0 Å². The molecule has 0 heterocycles. The smallest absolute Gasteiger partial charge is 0.293 e. The number of alkyl halides is 22. The van der Waals surface area contributed by atoms with Crippen LogP contribution in [0.1, 0.15) is 0 Å². The number of halogens is 22. The minimum Gasteiger partial charge on any atom is -0.293 e. The molecule has 0 N–H and O–H groups in total. The first kappa shape index (κ1) is 33.4. The zero-order valence-electron chi connectivity index (χ0n) is 15.0. The highest BCUT2D eigenvalue weighted by atomic mass is 19.4. The number of hydrogen-bond donors (Lipinski definition) is 0. The van der Waals surface area contributed by atoms with Gasteiger partial charge in [0.05, 0.1) is 0 Å². The SMILES string of the molecule is FC(F)C(F)(F)C(F)C(F)(OC(F)(C(F)C(F)(F)C(F)F)C(F)(F)C(F)(F)F)C(F)(F)C(F)(F)F. The topological polar surface area (TPSA) is 9.23 Å². The molecule has 0 fully saturated rings. The maximum atomic E-state index is 14.3. The Balaban J connectivity index is 7.59. The van der Waals surface area contributed by atoms with Crippen molar-refractivity contribution in [1.82, 2.24) is 0 Å². The van der Waals surface area contributed by atoms with Crippen molar-refractivity contribution in [2.75, 3.05) is 0 Å². The molecule has 0 aliphatic rings. The molecule has 0 spiro atoms. The zero-order valence-corrected chi connectivity index (χ0v) is 15.0. The first-order valence-electron chi connectivity index (χ1n) is 7.47. The van der Waals surface area contributed by atoms with Crippen molar-refractivity contribution in [2.45, 2.75) is 72.9 Å². The van der Waals surface area contributed by atoms with E-state index in [2.05, 4.69) is 0 Å². The van der Waals surface area contributed by atoms with E-state index in [-0.39, 0.29) is 0 Å². The maximum Gasteiger partial charge on any atom is 0.459 e. The van der Waals surface area contributed by atoms with Gasteiger partial charge in [-0.05, 0) is 0 Å². The van der Waals surface area contributed by atoms with Gasteiger partial charge in [0.1, 0.15) is 0 Å². The molecule has 0 saturated heterocycles. The average Bonchev–Trinajstić information content (AvgIpc) is 2.63. The molecular weight excluding hydrogens is 578 g/mol. The standard InChI is InChI=1S/C12H4F22O/c13-1(5(19,20)3(15)16)7(23,9(25,26)11(29,30)31)35-8(24,10(27,28)12(32,33)34)2(14)6(21,22)4(17)18/h1-4H. The van der Waals surface area contributed by atoms with Gasteiger partial charge in [0.2, 0.25) is 12.3 Å². The Labute approximate surface area is 176 Å². The van der Waals surface area contributed by atoms with Crippen molar-refractivity contribution in [3.63, 3.8) is 0 Å². The third kappa shape index (κ3) is 5.14. The Morgan fingerprint density at radius 3 is 0.714 bits per heavy atom. The lowest BCUT2D eigenvalue weighted by atomic mass is 9.94. The van der Waals surface area contributed by atoms with Gasteiger partial charge < -0.3 is 0 Å². The Morgan fingerprint density at radius 1 is 0.371 bits per heavy atom. The van der Waals surface area contributed by atoms with Gasteiger partial charge in [-0.3, -0.25) is 4.74 Å². The zero-order chi connectivity index (χ0) is 29.0. The third-order valence-electron chi connectivity index (χ3n) is 3.78. The summed E-state index contributed by atoms with van der Waals surface area (Å²) < 4.78 is 285. The first-order valence-corrected chi connectivity index (χ1v) is 7.47. The fourth-order valence-corrected chi connectivity index (χ4v) is 1.87. The van der Waals surface area contributed by atoms with Crippen LogP contribution in [-0.4, -0.2) is 72.9 Å². The monoisotopic (exact) mass is 582 g/mol. The van der Waals surface area contributed by atoms with E-state index in [1.807, 2.05) is 0 Å². The van der Waals surface area contributed by atoms with Crippen LogP contribution in [0.25, 0.3) is 0 Å². The molecule has 0 rings (SSSR count). The molecule has 0 aromatic heterocycles. The van der Waals surface area contributed by atoms with Gasteiger partial charge in [0.15, 0.2) is 0 Å². The highest BCUT2D eigenvalue weighted by Crippen LogP contribution is 2.59. The largest absolute Gasteiger partial charge is 0.459 e. The molecule has 0 aromatic rings. The number of rotatable bonds is 10. The minimum atomic E-state index is -8.46. The van der Waals surface area contributed by atoms with Crippen LogP contribution in [0.15, 0.2) is 0 Å². The third-order valence-corrected chi connectivity index (χ3v) is 3.78. The lowest BCUT2D eigenvalue weighted by molar-refractivity contribution is -0.491. The van der Waals surface area contributed by atoms with Gasteiger partial charge in [-0.25, -0.2) is 35.1 Å². The van der Waals surface area contributed by atoms with Crippen molar-refractivity contribution in [2.24, 2.45) is 0 Å². The van der Waals surface area contributed by atoms with Gasteiger partial charge in [-0.1, -0.05) is 0 Å². The van der Waals surface area contributed by atoms with Gasteiger partial charge in [0, 0.05) is 0 Å². The second-order valence-corrected chi connectivity index (χ2v) is 6.21. The van der Waals surface area contributed by atoms with Crippen LogP contribution >= 0.6 is 0 Å². The molecular formula is C12H4F22O. The lowest BCUT2D eigenvalue weighted by Crippen LogP contribution is -2.73. The van der Waals surface area contributed by atoms with E-state index in [1.54, 1.807) is 0 Å². The summed E-state index contributed by atoms with van der Waals surface area (Å²) in [5.74, 6) is -48.4. The molecule has 35 heavy (non-hydrogen) atoms. The molecule has 4 unspecified atom stereocenters. The van der Waals surface area contributed by atoms with E-state index in [9.17, 15) is 96.6 Å². The summed E-state index contributed by atoms with van der Waals surface area (Å²) in [5.41, 5.74) is 0. The molecule has 23 heteroatoms. The van der Waals surface area contributed by atoms with E-state index in [0.29, 0.717) is 0 Å². The molecule has 0 radical (unpaired) electrons. The number of hydrogen-bond acceptors (Lipinski definition) is 1. The van der Waals surface area contributed by atoms with Gasteiger partial charge in [-0.2, -0.15) is 61.5 Å². The molecule has 4 atom stereocenters. The molecule has 0 amide bonds. The van der Waals surface area contributed by atoms with Crippen molar-refractivity contribution in [1.29, 1.82) is 0 Å². The Hall–Kier alpha value is -1.58. The predicted molar refractivity (Wildman–Crippen MR) is 62.5 cm³/mol. The maximum absolute atomic E-state index is 14.3. The van der Waals surface area contributed by atoms with Crippen molar-refractivity contribution in [3.8, 4) is 0 Å². The summed E-state index contributed by atoms with van der Waals surface area (Å²) in [5, 5.41) is 0. The van der Waals surface area contributed by atoms with Crippen LogP contribution in [0.5, 0.6) is 0 Å². The Kier molecular flexibility index (Phi) is 8.66. The lowest BCUT2D eigenvalue weighted by Gasteiger charge is -2.45. The highest BCUT2D eigenvalue weighted by Gasteiger charge is 2.87. The van der Waals surface area contributed by atoms with E-state index in [0.717, 1.165) is 0 Å². The quantitative estimate of drug-likeness (QED) is 0.248.